The predicted octanol–water partition coefficient (Wildman–Crippen LogP) is 2.95. The number of likely N-dealkylation sites (tertiary alicyclic amines) is 1. The molecule has 0 saturated carbocycles. The first-order valence-electron chi connectivity index (χ1n) is 8.89. The van der Waals surface area contributed by atoms with Crippen LogP contribution in [0.5, 0.6) is 5.75 Å². The van der Waals surface area contributed by atoms with Gasteiger partial charge in [0.1, 0.15) is 11.8 Å². The summed E-state index contributed by atoms with van der Waals surface area (Å²) < 4.78 is 5.26. The zero-order chi connectivity index (χ0) is 18.1. The standard InChI is InChI=1S/C19H28N2O3S/c1-24-17-10-6-5-9-15(17)18(22)20-16(11-14-25-2)19(23)21-12-7-3-4-8-13-21/h5-6,9-10,16H,3-4,7-8,11-14H2,1-2H3,(H,20,22). The van der Waals surface area contributed by atoms with Crippen molar-refractivity contribution in [2.75, 3.05) is 32.2 Å². The Hall–Kier alpha value is -1.69. The summed E-state index contributed by atoms with van der Waals surface area (Å²) in [7, 11) is 1.54. The highest BCUT2D eigenvalue weighted by Gasteiger charge is 2.27. The van der Waals surface area contributed by atoms with E-state index < -0.39 is 6.04 Å². The van der Waals surface area contributed by atoms with Gasteiger partial charge in [-0.1, -0.05) is 25.0 Å². The lowest BCUT2D eigenvalue weighted by Crippen LogP contribution is -2.49. The lowest BCUT2D eigenvalue weighted by molar-refractivity contribution is -0.133. The van der Waals surface area contributed by atoms with Crippen molar-refractivity contribution in [3.05, 3.63) is 29.8 Å². The van der Waals surface area contributed by atoms with E-state index in [1.165, 1.54) is 12.8 Å². The minimum absolute atomic E-state index is 0.0409. The van der Waals surface area contributed by atoms with Crippen LogP contribution in [0.4, 0.5) is 0 Å². The molecule has 1 saturated heterocycles. The number of nitrogens with zero attached hydrogens (tertiary/aromatic N) is 1. The third-order valence-electron chi connectivity index (χ3n) is 4.48. The van der Waals surface area contributed by atoms with E-state index in [-0.39, 0.29) is 11.8 Å². The molecule has 0 bridgehead atoms. The molecule has 1 aromatic rings. The fourth-order valence-electron chi connectivity index (χ4n) is 3.07. The number of methoxy groups -OCH3 is 1. The van der Waals surface area contributed by atoms with E-state index in [1.807, 2.05) is 17.2 Å². The molecule has 1 unspecified atom stereocenters. The number of hydrogen-bond donors (Lipinski definition) is 1. The Kier molecular flexibility index (Phi) is 8.12. The number of rotatable bonds is 7. The van der Waals surface area contributed by atoms with Crippen LogP contribution in [0.2, 0.25) is 0 Å². The van der Waals surface area contributed by atoms with Gasteiger partial charge in [0.2, 0.25) is 5.91 Å². The van der Waals surface area contributed by atoms with Crippen LogP contribution < -0.4 is 10.1 Å². The molecule has 0 aliphatic carbocycles. The molecule has 0 radical (unpaired) electrons. The quantitative estimate of drug-likeness (QED) is 0.808. The molecule has 0 spiro atoms. The summed E-state index contributed by atoms with van der Waals surface area (Å²) in [4.78, 5) is 27.6. The average Bonchev–Trinajstić information content (AvgIpc) is 2.93. The number of hydrogen-bond acceptors (Lipinski definition) is 4. The largest absolute Gasteiger partial charge is 0.496 e. The van der Waals surface area contributed by atoms with Crippen LogP contribution in [0.15, 0.2) is 24.3 Å². The second-order valence-corrected chi connectivity index (χ2v) is 7.23. The van der Waals surface area contributed by atoms with Crippen molar-refractivity contribution in [1.29, 1.82) is 0 Å². The summed E-state index contributed by atoms with van der Waals surface area (Å²) in [6.07, 6.45) is 7.08. The first-order chi connectivity index (χ1) is 12.2. The van der Waals surface area contributed by atoms with Crippen molar-refractivity contribution in [3.63, 3.8) is 0 Å². The van der Waals surface area contributed by atoms with Crippen molar-refractivity contribution in [2.45, 2.75) is 38.1 Å². The number of benzene rings is 1. The molecule has 1 aliphatic rings. The Morgan fingerprint density at radius 3 is 2.52 bits per heavy atom. The van der Waals surface area contributed by atoms with Gasteiger partial charge in [0.15, 0.2) is 0 Å². The first kappa shape index (κ1) is 19.6. The minimum atomic E-state index is -0.483. The summed E-state index contributed by atoms with van der Waals surface area (Å²) in [5.41, 5.74) is 0.461. The fraction of sp³-hybridized carbons (Fsp3) is 0.579. The van der Waals surface area contributed by atoms with Gasteiger partial charge in [-0.05, 0) is 43.4 Å². The van der Waals surface area contributed by atoms with Gasteiger partial charge in [0.25, 0.3) is 5.91 Å². The van der Waals surface area contributed by atoms with Gasteiger partial charge in [0, 0.05) is 13.1 Å². The molecule has 2 rings (SSSR count). The molecule has 0 aromatic heterocycles. The van der Waals surface area contributed by atoms with Crippen molar-refractivity contribution in [2.24, 2.45) is 0 Å². The summed E-state index contributed by atoms with van der Waals surface area (Å²) in [5, 5.41) is 2.94. The second-order valence-electron chi connectivity index (χ2n) is 6.25. The maximum atomic E-state index is 12.9. The van der Waals surface area contributed by atoms with Gasteiger partial charge in [0.05, 0.1) is 12.7 Å². The van der Waals surface area contributed by atoms with Crippen LogP contribution in [0, 0.1) is 0 Å². The van der Waals surface area contributed by atoms with Gasteiger partial charge < -0.3 is 15.0 Å². The Bertz CT molecular complexity index is 572. The number of thioether (sulfide) groups is 1. The molecule has 1 atom stereocenters. The molecule has 6 heteroatoms. The number of carbonyl (C=O) groups is 2. The zero-order valence-corrected chi connectivity index (χ0v) is 15.9. The molecular formula is C19H28N2O3S. The topological polar surface area (TPSA) is 58.6 Å². The maximum Gasteiger partial charge on any atom is 0.255 e. The Morgan fingerprint density at radius 1 is 1.20 bits per heavy atom. The van der Waals surface area contributed by atoms with E-state index in [0.717, 1.165) is 31.7 Å². The first-order valence-corrected chi connectivity index (χ1v) is 10.3. The molecule has 2 amide bonds. The summed E-state index contributed by atoms with van der Waals surface area (Å²) in [6.45, 7) is 1.58. The van der Waals surface area contributed by atoms with Crippen LogP contribution in [0.1, 0.15) is 42.5 Å². The van der Waals surface area contributed by atoms with E-state index >= 15 is 0 Å². The van der Waals surface area contributed by atoms with E-state index in [4.69, 9.17) is 4.74 Å². The monoisotopic (exact) mass is 364 g/mol. The highest BCUT2D eigenvalue weighted by Crippen LogP contribution is 2.18. The molecule has 25 heavy (non-hydrogen) atoms. The van der Waals surface area contributed by atoms with Crippen molar-refractivity contribution in [3.8, 4) is 5.75 Å². The summed E-state index contributed by atoms with van der Waals surface area (Å²) >= 11 is 1.68. The van der Waals surface area contributed by atoms with E-state index in [9.17, 15) is 9.59 Å². The molecule has 1 fully saturated rings. The van der Waals surface area contributed by atoms with Crippen LogP contribution in [-0.4, -0.2) is 55.0 Å². The maximum absolute atomic E-state index is 12.9. The SMILES string of the molecule is COc1ccccc1C(=O)NC(CCSC)C(=O)N1CCCCCC1. The second kappa shape index (κ2) is 10.3. The number of nitrogens with one attached hydrogen (secondary N) is 1. The van der Waals surface area contributed by atoms with E-state index in [1.54, 1.807) is 37.1 Å². The lowest BCUT2D eigenvalue weighted by Gasteiger charge is -2.27. The molecule has 5 nitrogen and oxygen atoms in total. The Morgan fingerprint density at radius 2 is 1.88 bits per heavy atom. The molecular weight excluding hydrogens is 336 g/mol. The lowest BCUT2D eigenvalue weighted by atomic mass is 10.1. The number of amides is 2. The van der Waals surface area contributed by atoms with Crippen molar-refractivity contribution in [1.82, 2.24) is 10.2 Å². The van der Waals surface area contributed by atoms with E-state index in [2.05, 4.69) is 5.32 Å². The van der Waals surface area contributed by atoms with Gasteiger partial charge in [-0.3, -0.25) is 9.59 Å². The van der Waals surface area contributed by atoms with Gasteiger partial charge >= 0.3 is 0 Å². The molecule has 1 aromatic carbocycles. The summed E-state index contributed by atoms with van der Waals surface area (Å²) in [6, 6.07) is 6.61. The zero-order valence-electron chi connectivity index (χ0n) is 15.1. The van der Waals surface area contributed by atoms with Crippen LogP contribution in [0.25, 0.3) is 0 Å². The Labute approximate surface area is 154 Å². The minimum Gasteiger partial charge on any atom is -0.496 e. The third kappa shape index (κ3) is 5.66. The number of carbonyl (C=O) groups excluding carboxylic acids is 2. The molecule has 1 aliphatic heterocycles. The molecule has 138 valence electrons. The average molecular weight is 365 g/mol. The van der Waals surface area contributed by atoms with Crippen LogP contribution in [0.3, 0.4) is 0 Å². The molecule has 1 N–H and O–H groups in total. The van der Waals surface area contributed by atoms with Crippen molar-refractivity contribution >= 4 is 23.6 Å². The third-order valence-corrected chi connectivity index (χ3v) is 5.13. The fourth-order valence-corrected chi connectivity index (χ4v) is 3.54. The molecule has 1 heterocycles. The van der Waals surface area contributed by atoms with Crippen LogP contribution in [-0.2, 0) is 4.79 Å². The van der Waals surface area contributed by atoms with Crippen LogP contribution >= 0.6 is 11.8 Å². The smallest absolute Gasteiger partial charge is 0.255 e. The normalized spacial score (nSPS) is 16.0. The Balaban J connectivity index is 2.10. The van der Waals surface area contributed by atoms with E-state index in [0.29, 0.717) is 17.7 Å². The van der Waals surface area contributed by atoms with Gasteiger partial charge in [-0.15, -0.1) is 0 Å². The van der Waals surface area contributed by atoms with Crippen molar-refractivity contribution < 1.29 is 14.3 Å². The number of para-hydroxylation sites is 1. The van der Waals surface area contributed by atoms with Gasteiger partial charge in [-0.2, -0.15) is 11.8 Å². The summed E-state index contributed by atoms with van der Waals surface area (Å²) in [5.74, 6) is 1.13. The highest BCUT2D eigenvalue weighted by atomic mass is 32.2. The number of ether oxygens (including phenoxy) is 1. The highest BCUT2D eigenvalue weighted by molar-refractivity contribution is 7.98. The van der Waals surface area contributed by atoms with Gasteiger partial charge in [-0.25, -0.2) is 0 Å². The predicted molar refractivity (Wildman–Crippen MR) is 102 cm³/mol.